The zero-order chi connectivity index (χ0) is 20.8. The van der Waals surface area contributed by atoms with Crippen molar-refractivity contribution in [3.8, 4) is 0 Å². The number of nitrogens with zero attached hydrogens (tertiary/aromatic N) is 2. The lowest BCUT2D eigenvalue weighted by atomic mass is 10.0. The number of aliphatic carboxylic acids is 2. The van der Waals surface area contributed by atoms with E-state index in [-0.39, 0.29) is 12.3 Å². The third-order valence-electron chi connectivity index (χ3n) is 4.19. The third kappa shape index (κ3) is 6.51. The van der Waals surface area contributed by atoms with Crippen LogP contribution in [0.1, 0.15) is 31.5 Å². The maximum Gasteiger partial charge on any atom is 0.321 e. The van der Waals surface area contributed by atoms with Crippen LogP contribution in [0.15, 0.2) is 30.7 Å². The zero-order valence-electron chi connectivity index (χ0n) is 15.6. The smallest absolute Gasteiger partial charge is 0.321 e. The van der Waals surface area contributed by atoms with Gasteiger partial charge in [0, 0.05) is 34.9 Å². The van der Waals surface area contributed by atoms with Crippen LogP contribution >= 0.6 is 23.2 Å². The monoisotopic (exact) mass is 427 g/mol. The molecule has 1 heterocycles. The molecule has 0 saturated heterocycles. The van der Waals surface area contributed by atoms with Gasteiger partial charge in [0.05, 0.1) is 6.33 Å². The molecule has 2 rings (SSSR count). The summed E-state index contributed by atoms with van der Waals surface area (Å²) in [4.78, 5) is 27.3. The third-order valence-corrected chi connectivity index (χ3v) is 4.63. The summed E-state index contributed by atoms with van der Waals surface area (Å²) in [6.45, 7) is 4.19. The molecule has 0 amide bonds. The van der Waals surface area contributed by atoms with Crippen LogP contribution in [0, 0.1) is 5.92 Å². The van der Waals surface area contributed by atoms with Crippen molar-refractivity contribution in [3.63, 3.8) is 0 Å². The van der Waals surface area contributed by atoms with Gasteiger partial charge in [-0.3, -0.25) is 14.9 Å². The van der Waals surface area contributed by atoms with E-state index in [1.165, 1.54) is 0 Å². The van der Waals surface area contributed by atoms with Crippen molar-refractivity contribution >= 4 is 35.1 Å². The number of carbonyl (C=O) groups is 2. The molecular weight excluding hydrogens is 405 g/mol. The number of halogens is 2. The summed E-state index contributed by atoms with van der Waals surface area (Å²) in [5, 5.41) is 22.7. The Morgan fingerprint density at radius 2 is 1.71 bits per heavy atom. The summed E-state index contributed by atoms with van der Waals surface area (Å²) in [6.07, 6.45) is 3.58. The first-order valence-electron chi connectivity index (χ1n) is 8.81. The normalized spacial score (nSPS) is 13.5. The van der Waals surface area contributed by atoms with Crippen LogP contribution in [0.3, 0.4) is 0 Å². The number of carboxylic acids is 2. The van der Waals surface area contributed by atoms with E-state index in [0.717, 1.165) is 5.56 Å². The molecule has 0 saturated carbocycles. The molecule has 1 aromatic heterocycles. The number of carboxylic acid groups (broad SMARTS) is 2. The molecule has 0 bridgehead atoms. The topological polar surface area (TPSA) is 104 Å². The molecule has 2 atom stereocenters. The van der Waals surface area contributed by atoms with Gasteiger partial charge in [0.25, 0.3) is 0 Å². The van der Waals surface area contributed by atoms with E-state index in [1.54, 1.807) is 35.3 Å². The summed E-state index contributed by atoms with van der Waals surface area (Å²) in [7, 11) is 0. The SMILES string of the molecule is CC(C)C[C@@H](N[C@@H](Cc1cncn1Cc1cc(Cl)cc(Cl)c1)C(=O)O)C(=O)O. The van der Waals surface area contributed by atoms with E-state index in [4.69, 9.17) is 23.2 Å². The van der Waals surface area contributed by atoms with E-state index in [1.807, 2.05) is 13.8 Å². The highest BCUT2D eigenvalue weighted by Crippen LogP contribution is 2.20. The maximum atomic E-state index is 11.7. The van der Waals surface area contributed by atoms with E-state index in [9.17, 15) is 19.8 Å². The van der Waals surface area contributed by atoms with Crippen LogP contribution in [0.2, 0.25) is 10.0 Å². The fraction of sp³-hybridized carbons (Fsp3) is 0.421. The zero-order valence-corrected chi connectivity index (χ0v) is 17.1. The Morgan fingerprint density at radius 3 is 2.25 bits per heavy atom. The maximum absolute atomic E-state index is 11.7. The van der Waals surface area contributed by atoms with E-state index < -0.39 is 24.0 Å². The Kier molecular flexibility index (Phi) is 7.86. The molecule has 0 spiro atoms. The Hall–Kier alpha value is -2.09. The molecule has 0 aliphatic rings. The molecule has 2 aromatic rings. The van der Waals surface area contributed by atoms with Gasteiger partial charge in [-0.15, -0.1) is 0 Å². The Bertz CT molecular complexity index is 818. The van der Waals surface area contributed by atoms with Crippen molar-refractivity contribution in [3.05, 3.63) is 52.0 Å². The van der Waals surface area contributed by atoms with Crippen LogP contribution in [-0.2, 0) is 22.6 Å². The van der Waals surface area contributed by atoms with Crippen LogP contribution in [0.25, 0.3) is 0 Å². The second-order valence-corrected chi connectivity index (χ2v) is 7.95. The second-order valence-electron chi connectivity index (χ2n) is 7.07. The van der Waals surface area contributed by atoms with Gasteiger partial charge in [0.2, 0.25) is 0 Å². The summed E-state index contributed by atoms with van der Waals surface area (Å²) >= 11 is 12.1. The minimum Gasteiger partial charge on any atom is -0.480 e. The average Bonchev–Trinajstić information content (AvgIpc) is 2.98. The predicted molar refractivity (Wildman–Crippen MR) is 107 cm³/mol. The number of benzene rings is 1. The fourth-order valence-electron chi connectivity index (χ4n) is 2.94. The van der Waals surface area contributed by atoms with E-state index in [0.29, 0.717) is 28.7 Å². The van der Waals surface area contributed by atoms with Gasteiger partial charge in [-0.1, -0.05) is 37.0 Å². The molecule has 0 aliphatic heterocycles. The highest BCUT2D eigenvalue weighted by atomic mass is 35.5. The minimum atomic E-state index is -1.12. The van der Waals surface area contributed by atoms with Crippen molar-refractivity contribution in [1.82, 2.24) is 14.9 Å². The molecule has 0 fully saturated rings. The van der Waals surface area contributed by atoms with Gasteiger partial charge in [-0.25, -0.2) is 4.98 Å². The molecule has 9 heteroatoms. The first-order valence-corrected chi connectivity index (χ1v) is 9.57. The van der Waals surface area contributed by atoms with Gasteiger partial charge < -0.3 is 14.8 Å². The largest absolute Gasteiger partial charge is 0.480 e. The van der Waals surface area contributed by atoms with Crippen LogP contribution in [-0.4, -0.2) is 43.8 Å². The lowest BCUT2D eigenvalue weighted by Gasteiger charge is -2.22. The van der Waals surface area contributed by atoms with Crippen LogP contribution in [0.4, 0.5) is 0 Å². The van der Waals surface area contributed by atoms with Gasteiger partial charge in [-0.05, 0) is 36.1 Å². The van der Waals surface area contributed by atoms with Crippen molar-refractivity contribution in [2.45, 2.75) is 45.3 Å². The van der Waals surface area contributed by atoms with Gasteiger partial charge in [0.15, 0.2) is 0 Å². The average molecular weight is 428 g/mol. The molecule has 0 unspecified atom stereocenters. The number of rotatable bonds is 10. The number of imidazole rings is 1. The predicted octanol–water partition coefficient (Wildman–Crippen LogP) is 3.32. The van der Waals surface area contributed by atoms with Crippen molar-refractivity contribution < 1.29 is 19.8 Å². The van der Waals surface area contributed by atoms with E-state index >= 15 is 0 Å². The molecule has 152 valence electrons. The summed E-state index contributed by atoms with van der Waals surface area (Å²) in [5.74, 6) is -2.07. The van der Waals surface area contributed by atoms with Crippen molar-refractivity contribution in [2.75, 3.05) is 0 Å². The highest BCUT2D eigenvalue weighted by molar-refractivity contribution is 6.34. The summed E-state index contributed by atoms with van der Waals surface area (Å²) in [6, 6.07) is 3.18. The quantitative estimate of drug-likeness (QED) is 0.536. The minimum absolute atomic E-state index is 0.0888. The van der Waals surface area contributed by atoms with Gasteiger partial charge >= 0.3 is 11.9 Å². The van der Waals surface area contributed by atoms with Crippen molar-refractivity contribution in [1.29, 1.82) is 0 Å². The molecule has 0 aliphatic carbocycles. The lowest BCUT2D eigenvalue weighted by Crippen LogP contribution is -2.49. The molecular formula is C19H23Cl2N3O4. The molecule has 1 aromatic carbocycles. The van der Waals surface area contributed by atoms with Gasteiger partial charge in [-0.2, -0.15) is 0 Å². The van der Waals surface area contributed by atoms with Gasteiger partial charge in [0.1, 0.15) is 12.1 Å². The standard InChI is InChI=1S/C19H23Cl2N3O4/c1-11(2)3-16(18(25)26)23-17(19(27)28)7-15-8-22-10-24(15)9-12-4-13(20)6-14(21)5-12/h4-6,8,10-11,16-17,23H,3,7,9H2,1-2H3,(H,25,26)(H,27,28)/t16-,17+/m1/s1. The first-order chi connectivity index (χ1) is 13.2. The molecule has 28 heavy (non-hydrogen) atoms. The number of hydrogen-bond acceptors (Lipinski definition) is 4. The summed E-state index contributed by atoms with van der Waals surface area (Å²) < 4.78 is 1.79. The summed E-state index contributed by atoms with van der Waals surface area (Å²) in [5.41, 5.74) is 1.50. The highest BCUT2D eigenvalue weighted by Gasteiger charge is 2.27. The number of hydrogen-bond donors (Lipinski definition) is 3. The van der Waals surface area contributed by atoms with Crippen LogP contribution in [0.5, 0.6) is 0 Å². The molecule has 0 radical (unpaired) electrons. The molecule has 7 nitrogen and oxygen atoms in total. The van der Waals surface area contributed by atoms with Crippen LogP contribution < -0.4 is 5.32 Å². The van der Waals surface area contributed by atoms with E-state index in [2.05, 4.69) is 10.3 Å². The lowest BCUT2D eigenvalue weighted by molar-refractivity contribution is -0.142. The Balaban J connectivity index is 2.17. The Morgan fingerprint density at radius 1 is 1.11 bits per heavy atom. The fourth-order valence-corrected chi connectivity index (χ4v) is 3.51. The number of nitrogens with one attached hydrogen (secondary N) is 1. The molecule has 3 N–H and O–H groups in total. The number of aromatic nitrogens is 2. The second kappa shape index (κ2) is 9.91. The van der Waals surface area contributed by atoms with Crippen molar-refractivity contribution in [2.24, 2.45) is 5.92 Å². The Labute approximate surface area is 173 Å². The first kappa shape index (κ1) is 22.2.